The molecule has 0 saturated carbocycles. The lowest BCUT2D eigenvalue weighted by Gasteiger charge is -2.11. The smallest absolute Gasteiger partial charge is 0.179 e. The van der Waals surface area contributed by atoms with E-state index in [2.05, 4.69) is 0 Å². The standard InChI is InChI=1S/C13H17ClO4S/c14-11-8-10(2-6-19(16)7-3-15)9-12-13(11)18-5-1-4-17-12/h8-9,15H,1-7H2/t19-/m0/s1. The zero-order chi connectivity index (χ0) is 13.7. The summed E-state index contributed by atoms with van der Waals surface area (Å²) in [5.74, 6) is 2.08. The van der Waals surface area contributed by atoms with Crippen LogP contribution in [0.3, 0.4) is 0 Å². The molecule has 1 atom stereocenters. The highest BCUT2D eigenvalue weighted by molar-refractivity contribution is 7.84. The summed E-state index contributed by atoms with van der Waals surface area (Å²) in [6, 6.07) is 3.72. The van der Waals surface area contributed by atoms with Gasteiger partial charge in [-0.25, -0.2) is 0 Å². The molecule has 0 saturated heterocycles. The van der Waals surface area contributed by atoms with Crippen LogP contribution < -0.4 is 9.47 Å². The summed E-state index contributed by atoms with van der Waals surface area (Å²) in [5, 5.41) is 9.25. The molecule has 4 nitrogen and oxygen atoms in total. The molecular weight excluding hydrogens is 288 g/mol. The second kappa shape index (κ2) is 7.12. The van der Waals surface area contributed by atoms with Gasteiger partial charge in [0, 0.05) is 28.7 Å². The molecule has 0 fully saturated rings. The molecule has 19 heavy (non-hydrogen) atoms. The summed E-state index contributed by atoms with van der Waals surface area (Å²) in [7, 11) is -0.997. The van der Waals surface area contributed by atoms with Crippen molar-refractivity contribution in [2.24, 2.45) is 0 Å². The van der Waals surface area contributed by atoms with Crippen LogP contribution in [0, 0.1) is 0 Å². The summed E-state index contributed by atoms with van der Waals surface area (Å²) in [4.78, 5) is 0. The fourth-order valence-corrected chi connectivity index (χ4v) is 3.02. The van der Waals surface area contributed by atoms with E-state index in [-0.39, 0.29) is 6.61 Å². The maximum Gasteiger partial charge on any atom is 0.179 e. The van der Waals surface area contributed by atoms with Crippen molar-refractivity contribution in [2.45, 2.75) is 12.8 Å². The van der Waals surface area contributed by atoms with E-state index in [0.717, 1.165) is 12.0 Å². The molecule has 1 aromatic rings. The van der Waals surface area contributed by atoms with Gasteiger partial charge in [-0.2, -0.15) is 0 Å². The van der Waals surface area contributed by atoms with E-state index in [1.807, 2.05) is 12.1 Å². The molecule has 6 heteroatoms. The fourth-order valence-electron chi connectivity index (χ4n) is 1.86. The molecule has 1 aliphatic heterocycles. The van der Waals surface area contributed by atoms with Gasteiger partial charge < -0.3 is 14.6 Å². The summed E-state index contributed by atoms with van der Waals surface area (Å²) in [5.41, 5.74) is 0.973. The second-order valence-electron chi connectivity index (χ2n) is 4.28. The van der Waals surface area contributed by atoms with Crippen molar-refractivity contribution >= 4 is 22.4 Å². The van der Waals surface area contributed by atoms with Crippen LogP contribution >= 0.6 is 11.6 Å². The van der Waals surface area contributed by atoms with Crippen molar-refractivity contribution < 1.29 is 18.8 Å². The molecule has 1 aromatic carbocycles. The van der Waals surface area contributed by atoms with Crippen molar-refractivity contribution in [3.05, 3.63) is 22.7 Å². The lowest BCUT2D eigenvalue weighted by atomic mass is 10.1. The maximum absolute atomic E-state index is 11.5. The van der Waals surface area contributed by atoms with Crippen molar-refractivity contribution in [1.29, 1.82) is 0 Å². The zero-order valence-corrected chi connectivity index (χ0v) is 12.1. The normalized spacial score (nSPS) is 15.9. The highest BCUT2D eigenvalue weighted by atomic mass is 35.5. The minimum Gasteiger partial charge on any atom is -0.489 e. The van der Waals surface area contributed by atoms with Gasteiger partial charge in [0.2, 0.25) is 0 Å². The van der Waals surface area contributed by atoms with E-state index >= 15 is 0 Å². The average Bonchev–Trinajstić information content (AvgIpc) is 2.62. The van der Waals surface area contributed by atoms with Gasteiger partial charge in [0.25, 0.3) is 0 Å². The van der Waals surface area contributed by atoms with Crippen LogP contribution in [-0.2, 0) is 17.2 Å². The van der Waals surface area contributed by atoms with Gasteiger partial charge in [-0.15, -0.1) is 0 Å². The Balaban J connectivity index is 2.08. The van der Waals surface area contributed by atoms with Crippen LogP contribution in [0.25, 0.3) is 0 Å². The first-order valence-electron chi connectivity index (χ1n) is 6.24. The van der Waals surface area contributed by atoms with E-state index in [4.69, 9.17) is 26.2 Å². The number of hydrogen-bond acceptors (Lipinski definition) is 4. The number of hydrogen-bond donors (Lipinski definition) is 1. The van der Waals surface area contributed by atoms with E-state index in [1.165, 1.54) is 0 Å². The zero-order valence-electron chi connectivity index (χ0n) is 10.6. The molecule has 0 bridgehead atoms. The van der Waals surface area contributed by atoms with Crippen molar-refractivity contribution in [1.82, 2.24) is 0 Å². The van der Waals surface area contributed by atoms with Crippen LogP contribution in [0.2, 0.25) is 5.02 Å². The Bertz CT molecular complexity index is 464. The lowest BCUT2D eigenvalue weighted by molar-refractivity contribution is 0.297. The first-order valence-corrected chi connectivity index (χ1v) is 8.11. The van der Waals surface area contributed by atoms with E-state index in [9.17, 15) is 4.21 Å². The molecule has 0 amide bonds. The highest BCUT2D eigenvalue weighted by Crippen LogP contribution is 2.38. The first kappa shape index (κ1) is 14.6. The molecule has 1 N–H and O–H groups in total. The number of ether oxygens (including phenoxy) is 2. The molecule has 2 rings (SSSR count). The predicted octanol–water partition coefficient (Wildman–Crippen LogP) is 1.78. The lowest BCUT2D eigenvalue weighted by Crippen LogP contribution is -2.08. The third-order valence-electron chi connectivity index (χ3n) is 2.80. The van der Waals surface area contributed by atoms with Gasteiger partial charge in [-0.1, -0.05) is 11.6 Å². The molecule has 0 unspecified atom stereocenters. The third kappa shape index (κ3) is 4.09. The Morgan fingerprint density at radius 3 is 2.84 bits per heavy atom. The van der Waals surface area contributed by atoms with Gasteiger partial charge >= 0.3 is 0 Å². The molecule has 1 heterocycles. The average molecular weight is 305 g/mol. The molecular formula is C13H17ClO4S. The van der Waals surface area contributed by atoms with Gasteiger partial charge in [-0.3, -0.25) is 4.21 Å². The largest absolute Gasteiger partial charge is 0.489 e. The third-order valence-corrected chi connectivity index (χ3v) is 4.38. The number of aryl methyl sites for hydroxylation is 1. The Morgan fingerprint density at radius 1 is 1.26 bits per heavy atom. The van der Waals surface area contributed by atoms with Crippen LogP contribution in [0.15, 0.2) is 12.1 Å². The van der Waals surface area contributed by atoms with Crippen LogP contribution in [0.1, 0.15) is 12.0 Å². The Labute approximate surface area is 120 Å². The fraction of sp³-hybridized carbons (Fsp3) is 0.538. The minimum atomic E-state index is -0.997. The molecule has 0 aliphatic carbocycles. The highest BCUT2D eigenvalue weighted by Gasteiger charge is 2.15. The topological polar surface area (TPSA) is 55.8 Å². The first-order chi connectivity index (χ1) is 9.20. The SMILES string of the molecule is O=[S@](CCO)CCc1cc(Cl)c2c(c1)OCCCO2. The van der Waals surface area contributed by atoms with Gasteiger partial charge in [0.05, 0.1) is 24.8 Å². The molecule has 0 aromatic heterocycles. The Morgan fingerprint density at radius 2 is 2.05 bits per heavy atom. The number of halogens is 1. The quantitative estimate of drug-likeness (QED) is 0.901. The Hall–Kier alpha value is -0.780. The summed E-state index contributed by atoms with van der Waals surface area (Å²) >= 11 is 6.18. The summed E-state index contributed by atoms with van der Waals surface area (Å²) < 4.78 is 22.7. The number of aliphatic hydroxyl groups is 1. The Kier molecular flexibility index (Phi) is 5.48. The van der Waals surface area contributed by atoms with E-state index < -0.39 is 10.8 Å². The van der Waals surface area contributed by atoms with Gasteiger partial charge in [-0.05, 0) is 24.1 Å². The molecule has 0 radical (unpaired) electrons. The van der Waals surface area contributed by atoms with Crippen molar-refractivity contribution in [3.8, 4) is 11.5 Å². The number of fused-ring (bicyclic) bond motifs is 1. The number of benzene rings is 1. The van der Waals surface area contributed by atoms with Crippen LogP contribution in [0.4, 0.5) is 0 Å². The number of aliphatic hydroxyl groups excluding tert-OH is 1. The van der Waals surface area contributed by atoms with Gasteiger partial charge in [0.15, 0.2) is 11.5 Å². The maximum atomic E-state index is 11.5. The van der Waals surface area contributed by atoms with Crippen LogP contribution in [-0.4, -0.2) is 40.6 Å². The van der Waals surface area contributed by atoms with E-state index in [0.29, 0.717) is 47.7 Å². The molecule has 106 valence electrons. The summed E-state index contributed by atoms with van der Waals surface area (Å²) in [6.07, 6.45) is 1.48. The van der Waals surface area contributed by atoms with E-state index in [1.54, 1.807) is 0 Å². The monoisotopic (exact) mass is 304 g/mol. The minimum absolute atomic E-state index is 0.0471. The second-order valence-corrected chi connectivity index (χ2v) is 6.38. The molecule has 1 aliphatic rings. The van der Waals surface area contributed by atoms with Gasteiger partial charge in [0.1, 0.15) is 0 Å². The van der Waals surface area contributed by atoms with Crippen molar-refractivity contribution in [3.63, 3.8) is 0 Å². The summed E-state index contributed by atoms with van der Waals surface area (Å²) in [6.45, 7) is 1.17. The number of rotatable bonds is 5. The molecule has 0 spiro atoms. The van der Waals surface area contributed by atoms with Crippen LogP contribution in [0.5, 0.6) is 11.5 Å². The van der Waals surface area contributed by atoms with Crippen molar-refractivity contribution in [2.75, 3.05) is 31.3 Å². The predicted molar refractivity (Wildman–Crippen MR) is 75.7 cm³/mol.